The number of aliphatic hydroxyl groups excluding tert-OH is 1. The SMILES string of the molecule is [NH-][N+]1=C(O)C(C[NH+]2CCCCC2)O[CH-]1. The lowest BCUT2D eigenvalue weighted by molar-refractivity contribution is -0.906. The van der Waals surface area contributed by atoms with Crippen LogP contribution in [-0.4, -0.2) is 41.4 Å². The summed E-state index contributed by atoms with van der Waals surface area (Å²) < 4.78 is 6.08. The first-order chi connectivity index (χ1) is 6.77. The highest BCUT2D eigenvalue weighted by molar-refractivity contribution is 5.75. The summed E-state index contributed by atoms with van der Waals surface area (Å²) >= 11 is 0. The Morgan fingerprint density at radius 2 is 2.21 bits per heavy atom. The number of piperidine rings is 1. The lowest BCUT2D eigenvalue weighted by Crippen LogP contribution is -3.14. The Kier molecular flexibility index (Phi) is 2.79. The Morgan fingerprint density at radius 3 is 2.79 bits per heavy atom. The Labute approximate surface area is 83.7 Å². The van der Waals surface area contributed by atoms with Crippen molar-refractivity contribution in [2.24, 2.45) is 0 Å². The van der Waals surface area contributed by atoms with Crippen molar-refractivity contribution in [1.29, 1.82) is 0 Å². The van der Waals surface area contributed by atoms with Gasteiger partial charge in [-0.2, -0.15) is 0 Å². The summed E-state index contributed by atoms with van der Waals surface area (Å²) in [6.45, 7) is 4.34. The van der Waals surface area contributed by atoms with E-state index in [9.17, 15) is 5.11 Å². The summed E-state index contributed by atoms with van der Waals surface area (Å²) in [4.78, 5) is 1.47. The fourth-order valence-electron chi connectivity index (χ4n) is 2.06. The van der Waals surface area contributed by atoms with Gasteiger partial charge in [-0.05, 0) is 19.3 Å². The molecule has 5 heteroatoms. The van der Waals surface area contributed by atoms with Gasteiger partial charge in [0.05, 0.1) is 19.6 Å². The van der Waals surface area contributed by atoms with Crippen LogP contribution < -0.4 is 4.90 Å². The van der Waals surface area contributed by atoms with Gasteiger partial charge in [0.15, 0.2) is 0 Å². The van der Waals surface area contributed by atoms with E-state index < -0.39 is 0 Å². The lowest BCUT2D eigenvalue weighted by Gasteiger charge is -2.25. The normalized spacial score (nSPS) is 29.3. The van der Waals surface area contributed by atoms with Crippen molar-refractivity contribution in [3.8, 4) is 0 Å². The van der Waals surface area contributed by atoms with Crippen molar-refractivity contribution in [3.63, 3.8) is 0 Å². The quantitative estimate of drug-likeness (QED) is 0.465. The fraction of sp³-hybridized carbons (Fsp3) is 0.778. The second-order valence-corrected chi connectivity index (χ2v) is 3.97. The number of rotatable bonds is 2. The van der Waals surface area contributed by atoms with Gasteiger partial charge < -0.3 is 25.3 Å². The third-order valence-electron chi connectivity index (χ3n) is 2.90. The van der Waals surface area contributed by atoms with Gasteiger partial charge in [-0.15, -0.1) is 0 Å². The number of hydrogen-bond acceptors (Lipinski definition) is 1. The van der Waals surface area contributed by atoms with E-state index in [0.717, 1.165) is 24.3 Å². The first-order valence-corrected chi connectivity index (χ1v) is 5.16. The van der Waals surface area contributed by atoms with Gasteiger partial charge in [0.1, 0.15) is 12.8 Å². The monoisotopic (exact) mass is 199 g/mol. The maximum absolute atomic E-state index is 9.47. The number of aliphatic hydroxyl groups is 1. The molecule has 0 bridgehead atoms. The first kappa shape index (κ1) is 9.61. The van der Waals surface area contributed by atoms with Crippen LogP contribution in [0.25, 0.3) is 5.84 Å². The maximum atomic E-state index is 9.47. The molecule has 0 aromatic carbocycles. The zero-order valence-corrected chi connectivity index (χ0v) is 8.20. The van der Waals surface area contributed by atoms with Crippen molar-refractivity contribution in [2.75, 3.05) is 19.6 Å². The van der Waals surface area contributed by atoms with Crippen molar-refractivity contribution < 1.29 is 19.4 Å². The Hall–Kier alpha value is -0.940. The van der Waals surface area contributed by atoms with E-state index in [2.05, 4.69) is 0 Å². The largest absolute Gasteiger partial charge is 0.546 e. The zero-order valence-electron chi connectivity index (χ0n) is 8.20. The molecule has 2 aliphatic rings. The average Bonchev–Trinajstić information content (AvgIpc) is 2.52. The van der Waals surface area contributed by atoms with Gasteiger partial charge in [-0.3, -0.25) is 0 Å². The molecule has 80 valence electrons. The van der Waals surface area contributed by atoms with Crippen molar-refractivity contribution in [1.82, 2.24) is 0 Å². The molecule has 1 saturated heterocycles. The molecule has 0 aliphatic carbocycles. The van der Waals surface area contributed by atoms with Crippen LogP contribution in [0.1, 0.15) is 19.3 Å². The molecule has 1 fully saturated rings. The molecule has 0 aromatic heterocycles. The average molecular weight is 199 g/mol. The van der Waals surface area contributed by atoms with E-state index in [4.69, 9.17) is 10.6 Å². The minimum atomic E-state index is -0.305. The van der Waals surface area contributed by atoms with E-state index in [1.54, 1.807) is 0 Å². The van der Waals surface area contributed by atoms with Crippen LogP contribution in [-0.2, 0) is 4.74 Å². The Balaban J connectivity index is 1.85. The van der Waals surface area contributed by atoms with Gasteiger partial charge in [-0.1, -0.05) is 0 Å². The summed E-state index contributed by atoms with van der Waals surface area (Å²) in [7, 11) is 0. The highest BCUT2D eigenvalue weighted by Crippen LogP contribution is 2.05. The van der Waals surface area contributed by atoms with Gasteiger partial charge in [-0.25, -0.2) is 0 Å². The summed E-state index contributed by atoms with van der Waals surface area (Å²) in [6.07, 6.45) is 3.54. The summed E-state index contributed by atoms with van der Waals surface area (Å²) in [6, 6.07) is 0. The number of nitrogens with one attached hydrogen (secondary N) is 2. The third-order valence-corrected chi connectivity index (χ3v) is 2.90. The van der Waals surface area contributed by atoms with Gasteiger partial charge in [0.25, 0.3) is 0 Å². The first-order valence-electron chi connectivity index (χ1n) is 5.16. The van der Waals surface area contributed by atoms with Crippen molar-refractivity contribution in [3.05, 3.63) is 12.6 Å². The van der Waals surface area contributed by atoms with Crippen LogP contribution in [0.15, 0.2) is 0 Å². The molecular formula is C9H17N3O2. The third kappa shape index (κ3) is 1.93. The number of nitrogens with zero attached hydrogens (tertiary/aromatic N) is 1. The predicted molar refractivity (Wildman–Crippen MR) is 50.8 cm³/mol. The summed E-state index contributed by atoms with van der Waals surface area (Å²) in [5.41, 5.74) is 0. The highest BCUT2D eigenvalue weighted by atomic mass is 16.5. The second-order valence-electron chi connectivity index (χ2n) is 3.97. The van der Waals surface area contributed by atoms with E-state index >= 15 is 0 Å². The lowest BCUT2D eigenvalue weighted by atomic mass is 10.1. The molecule has 0 spiro atoms. The number of likely N-dealkylation sites (tertiary alicyclic amines) is 1. The van der Waals surface area contributed by atoms with E-state index in [1.165, 1.54) is 30.9 Å². The van der Waals surface area contributed by atoms with Crippen LogP contribution in [0.3, 0.4) is 0 Å². The Morgan fingerprint density at radius 1 is 1.50 bits per heavy atom. The van der Waals surface area contributed by atoms with Gasteiger partial charge in [0, 0.05) is 0 Å². The van der Waals surface area contributed by atoms with Crippen LogP contribution in [0, 0.1) is 6.73 Å². The van der Waals surface area contributed by atoms with Crippen LogP contribution in [0.4, 0.5) is 0 Å². The summed E-state index contributed by atoms with van der Waals surface area (Å²) in [5, 5.41) is 9.47. The van der Waals surface area contributed by atoms with E-state index in [1.807, 2.05) is 0 Å². The van der Waals surface area contributed by atoms with Crippen LogP contribution >= 0.6 is 0 Å². The number of ether oxygens (including phenoxy) is 1. The highest BCUT2D eigenvalue weighted by Gasteiger charge is 2.26. The second kappa shape index (κ2) is 4.06. The Bertz CT molecular complexity index is 236. The van der Waals surface area contributed by atoms with Gasteiger partial charge in [0.2, 0.25) is 5.90 Å². The predicted octanol–water partition coefficient (Wildman–Crippen LogP) is -0.491. The standard InChI is InChI=1S/C9H16N3O2/c10-12-7-14-8(9(12)13)6-11-4-2-1-3-5-11/h7-8,10,13H,1-6H2/q-1/p+1. The fourth-order valence-corrected chi connectivity index (χ4v) is 2.06. The smallest absolute Gasteiger partial charge is 0.220 e. The molecule has 2 heterocycles. The molecule has 0 amide bonds. The van der Waals surface area contributed by atoms with Crippen molar-refractivity contribution in [2.45, 2.75) is 25.4 Å². The van der Waals surface area contributed by atoms with E-state index in [-0.39, 0.29) is 12.0 Å². The molecule has 1 unspecified atom stereocenters. The molecule has 0 radical (unpaired) electrons. The van der Waals surface area contributed by atoms with Gasteiger partial charge >= 0.3 is 0 Å². The molecule has 1 atom stereocenters. The number of hydrogen-bond donors (Lipinski definition) is 2. The molecule has 3 N–H and O–H groups in total. The minimum Gasteiger partial charge on any atom is -0.546 e. The molecule has 0 aromatic rings. The zero-order chi connectivity index (χ0) is 9.97. The maximum Gasteiger partial charge on any atom is 0.220 e. The molecule has 0 saturated carbocycles. The van der Waals surface area contributed by atoms with E-state index in [0.29, 0.717) is 0 Å². The summed E-state index contributed by atoms with van der Waals surface area (Å²) in [5.74, 6) is 7.26. The molecule has 2 rings (SSSR count). The molecule has 2 aliphatic heterocycles. The number of quaternary nitrogens is 1. The molecule has 14 heavy (non-hydrogen) atoms. The van der Waals surface area contributed by atoms with Crippen LogP contribution in [0.2, 0.25) is 0 Å². The molecular weight excluding hydrogens is 182 g/mol. The molecule has 5 nitrogen and oxygen atoms in total. The van der Waals surface area contributed by atoms with Crippen molar-refractivity contribution >= 4 is 5.90 Å². The van der Waals surface area contributed by atoms with Crippen LogP contribution in [0.5, 0.6) is 0 Å². The minimum absolute atomic E-state index is 0.0167. The topological polar surface area (TPSA) is 60.7 Å².